The van der Waals surface area contributed by atoms with Crippen LogP contribution < -0.4 is 10.5 Å². The van der Waals surface area contributed by atoms with E-state index in [1.165, 1.54) is 0 Å². The van der Waals surface area contributed by atoms with Crippen LogP contribution in [0.3, 0.4) is 0 Å². The highest BCUT2D eigenvalue weighted by Crippen LogP contribution is 2.27. The molecular formula is C11H13NO2. The topological polar surface area (TPSA) is 52.3 Å². The zero-order valence-electron chi connectivity index (χ0n) is 8.12. The molecule has 0 saturated heterocycles. The standard InChI is InChI=1S/C11H13NO2/c1-7-6-9(14-8-2-3-8)4-5-10(7)11(12)13/h4-6,8H,2-3H2,1H3,(H2,12,13). The molecule has 1 aromatic carbocycles. The summed E-state index contributed by atoms with van der Waals surface area (Å²) in [6.45, 7) is 1.86. The molecule has 1 aliphatic rings. The smallest absolute Gasteiger partial charge is 0.248 e. The van der Waals surface area contributed by atoms with Gasteiger partial charge >= 0.3 is 0 Å². The highest BCUT2D eigenvalue weighted by molar-refractivity contribution is 5.94. The Morgan fingerprint density at radius 1 is 1.50 bits per heavy atom. The van der Waals surface area contributed by atoms with Crippen molar-refractivity contribution in [2.45, 2.75) is 25.9 Å². The number of aryl methyl sites for hydroxylation is 1. The van der Waals surface area contributed by atoms with Gasteiger partial charge in [-0.15, -0.1) is 0 Å². The number of amides is 1. The maximum Gasteiger partial charge on any atom is 0.248 e. The van der Waals surface area contributed by atoms with Crippen LogP contribution in [-0.4, -0.2) is 12.0 Å². The van der Waals surface area contributed by atoms with Gasteiger partial charge in [0, 0.05) is 5.56 Å². The van der Waals surface area contributed by atoms with Crippen molar-refractivity contribution in [1.82, 2.24) is 0 Å². The van der Waals surface area contributed by atoms with Crippen molar-refractivity contribution in [3.05, 3.63) is 29.3 Å². The Morgan fingerprint density at radius 2 is 2.21 bits per heavy atom. The van der Waals surface area contributed by atoms with E-state index in [2.05, 4.69) is 0 Å². The Kier molecular flexibility index (Phi) is 2.15. The SMILES string of the molecule is Cc1cc(OC2CC2)ccc1C(N)=O. The molecule has 0 bridgehead atoms. The van der Waals surface area contributed by atoms with E-state index in [-0.39, 0.29) is 5.91 Å². The fourth-order valence-corrected chi connectivity index (χ4v) is 1.36. The van der Waals surface area contributed by atoms with Crippen LogP contribution in [-0.2, 0) is 0 Å². The monoisotopic (exact) mass is 191 g/mol. The largest absolute Gasteiger partial charge is 0.490 e. The van der Waals surface area contributed by atoms with Crippen LogP contribution in [0.25, 0.3) is 0 Å². The Morgan fingerprint density at radius 3 is 2.71 bits per heavy atom. The van der Waals surface area contributed by atoms with Crippen LogP contribution in [0.1, 0.15) is 28.8 Å². The second-order valence-corrected chi connectivity index (χ2v) is 3.66. The van der Waals surface area contributed by atoms with Crippen molar-refractivity contribution in [3.63, 3.8) is 0 Å². The number of hydrogen-bond donors (Lipinski definition) is 1. The summed E-state index contributed by atoms with van der Waals surface area (Å²) < 4.78 is 5.59. The fraction of sp³-hybridized carbons (Fsp3) is 0.364. The summed E-state index contributed by atoms with van der Waals surface area (Å²) >= 11 is 0. The first kappa shape index (κ1) is 9.06. The van der Waals surface area contributed by atoms with Crippen molar-refractivity contribution in [2.24, 2.45) is 5.73 Å². The third-order valence-electron chi connectivity index (χ3n) is 2.29. The van der Waals surface area contributed by atoms with Crippen molar-refractivity contribution in [2.75, 3.05) is 0 Å². The minimum atomic E-state index is -0.388. The van der Waals surface area contributed by atoms with Crippen LogP contribution in [0.15, 0.2) is 18.2 Å². The lowest BCUT2D eigenvalue weighted by atomic mass is 10.1. The summed E-state index contributed by atoms with van der Waals surface area (Å²) in [5.41, 5.74) is 6.63. The molecule has 1 amide bonds. The number of ether oxygens (including phenoxy) is 1. The fourth-order valence-electron chi connectivity index (χ4n) is 1.36. The van der Waals surface area contributed by atoms with Gasteiger partial charge in [0.1, 0.15) is 5.75 Å². The lowest BCUT2D eigenvalue weighted by Crippen LogP contribution is -2.12. The first-order valence-electron chi connectivity index (χ1n) is 4.74. The van der Waals surface area contributed by atoms with Crippen LogP contribution in [0.5, 0.6) is 5.75 Å². The Bertz CT molecular complexity index is 370. The molecule has 1 saturated carbocycles. The molecule has 0 spiro atoms. The summed E-state index contributed by atoms with van der Waals surface area (Å²) in [6, 6.07) is 5.37. The van der Waals surface area contributed by atoms with E-state index in [1.54, 1.807) is 12.1 Å². The summed E-state index contributed by atoms with van der Waals surface area (Å²) in [5, 5.41) is 0. The molecule has 0 radical (unpaired) electrons. The van der Waals surface area contributed by atoms with Gasteiger partial charge < -0.3 is 10.5 Å². The minimum absolute atomic E-state index is 0.383. The second-order valence-electron chi connectivity index (χ2n) is 3.66. The van der Waals surface area contributed by atoms with E-state index < -0.39 is 0 Å². The summed E-state index contributed by atoms with van der Waals surface area (Å²) in [7, 11) is 0. The van der Waals surface area contributed by atoms with E-state index in [0.717, 1.165) is 24.2 Å². The van der Waals surface area contributed by atoms with Crippen molar-refractivity contribution < 1.29 is 9.53 Å². The molecule has 3 nitrogen and oxygen atoms in total. The molecule has 2 rings (SSSR count). The zero-order valence-corrected chi connectivity index (χ0v) is 8.12. The lowest BCUT2D eigenvalue weighted by molar-refractivity contribution is 0.0999. The maximum absolute atomic E-state index is 10.9. The van der Waals surface area contributed by atoms with Gasteiger partial charge in [-0.1, -0.05) is 0 Å². The quantitative estimate of drug-likeness (QED) is 0.789. The number of carbonyl (C=O) groups excluding carboxylic acids is 1. The molecule has 0 heterocycles. The Labute approximate surface area is 82.9 Å². The van der Waals surface area contributed by atoms with E-state index in [4.69, 9.17) is 10.5 Å². The van der Waals surface area contributed by atoms with Crippen LogP contribution in [0, 0.1) is 6.92 Å². The summed E-state index contributed by atoms with van der Waals surface area (Å²) in [5.74, 6) is 0.440. The Balaban J connectivity index is 2.20. The van der Waals surface area contributed by atoms with Gasteiger partial charge in [0.15, 0.2) is 0 Å². The number of benzene rings is 1. The molecular weight excluding hydrogens is 178 g/mol. The summed E-state index contributed by atoms with van der Waals surface area (Å²) in [6.07, 6.45) is 2.65. The van der Waals surface area contributed by atoms with Crippen LogP contribution >= 0.6 is 0 Å². The van der Waals surface area contributed by atoms with Gasteiger partial charge in [-0.3, -0.25) is 4.79 Å². The molecule has 1 fully saturated rings. The normalized spacial score (nSPS) is 15.2. The number of carbonyl (C=O) groups is 1. The lowest BCUT2D eigenvalue weighted by Gasteiger charge is -2.07. The van der Waals surface area contributed by atoms with E-state index in [0.29, 0.717) is 11.7 Å². The van der Waals surface area contributed by atoms with Gasteiger partial charge in [-0.25, -0.2) is 0 Å². The minimum Gasteiger partial charge on any atom is -0.490 e. The van der Waals surface area contributed by atoms with E-state index in [1.807, 2.05) is 13.0 Å². The van der Waals surface area contributed by atoms with Crippen LogP contribution in [0.2, 0.25) is 0 Å². The van der Waals surface area contributed by atoms with Crippen LogP contribution in [0.4, 0.5) is 0 Å². The number of primary amides is 1. The van der Waals surface area contributed by atoms with E-state index >= 15 is 0 Å². The van der Waals surface area contributed by atoms with Gasteiger partial charge in [0.25, 0.3) is 0 Å². The third kappa shape index (κ3) is 1.87. The van der Waals surface area contributed by atoms with Crippen molar-refractivity contribution in [1.29, 1.82) is 0 Å². The van der Waals surface area contributed by atoms with Crippen molar-refractivity contribution in [3.8, 4) is 5.75 Å². The van der Waals surface area contributed by atoms with E-state index in [9.17, 15) is 4.79 Å². The van der Waals surface area contributed by atoms with Gasteiger partial charge in [0.05, 0.1) is 6.10 Å². The molecule has 1 aromatic rings. The molecule has 14 heavy (non-hydrogen) atoms. The van der Waals surface area contributed by atoms with Crippen molar-refractivity contribution >= 4 is 5.91 Å². The molecule has 0 unspecified atom stereocenters. The zero-order chi connectivity index (χ0) is 10.1. The molecule has 1 aliphatic carbocycles. The molecule has 74 valence electrons. The highest BCUT2D eigenvalue weighted by Gasteiger charge is 2.23. The van der Waals surface area contributed by atoms with Gasteiger partial charge in [-0.05, 0) is 43.5 Å². The predicted octanol–water partition coefficient (Wildman–Crippen LogP) is 1.64. The third-order valence-corrected chi connectivity index (χ3v) is 2.29. The maximum atomic E-state index is 10.9. The number of hydrogen-bond acceptors (Lipinski definition) is 2. The number of nitrogens with two attached hydrogens (primary N) is 1. The molecule has 0 aliphatic heterocycles. The first-order chi connectivity index (χ1) is 6.66. The molecule has 0 aromatic heterocycles. The first-order valence-corrected chi connectivity index (χ1v) is 4.74. The Hall–Kier alpha value is -1.51. The second kappa shape index (κ2) is 3.33. The van der Waals surface area contributed by atoms with Gasteiger partial charge in [0.2, 0.25) is 5.91 Å². The summed E-state index contributed by atoms with van der Waals surface area (Å²) in [4.78, 5) is 10.9. The molecule has 2 N–H and O–H groups in total. The van der Waals surface area contributed by atoms with Gasteiger partial charge in [-0.2, -0.15) is 0 Å². The number of rotatable bonds is 3. The average Bonchev–Trinajstić information content (AvgIpc) is 2.87. The predicted molar refractivity (Wildman–Crippen MR) is 53.3 cm³/mol. The molecule has 3 heteroatoms. The average molecular weight is 191 g/mol. The molecule has 0 atom stereocenters. The highest BCUT2D eigenvalue weighted by atomic mass is 16.5.